The van der Waals surface area contributed by atoms with Crippen LogP contribution in [0.1, 0.15) is 30.9 Å². The molecule has 14 heavy (non-hydrogen) atoms. The standard InChI is InChI=1S/C10H13ClN2O/c1-2-3-4-5-9(13-12)8-6-7-14-10(8)11/h1,6-7,9,13H,3-5,12H2. The third-order valence-electron chi connectivity index (χ3n) is 2.04. The third-order valence-corrected chi connectivity index (χ3v) is 2.34. The number of nitrogens with two attached hydrogens (primary N) is 1. The summed E-state index contributed by atoms with van der Waals surface area (Å²) in [5.74, 6) is 8.00. The van der Waals surface area contributed by atoms with Crippen LogP contribution in [0, 0.1) is 12.3 Å². The van der Waals surface area contributed by atoms with Crippen molar-refractivity contribution in [3.05, 3.63) is 23.1 Å². The Morgan fingerprint density at radius 1 is 1.71 bits per heavy atom. The van der Waals surface area contributed by atoms with Crippen LogP contribution in [0.3, 0.4) is 0 Å². The maximum absolute atomic E-state index is 5.82. The van der Waals surface area contributed by atoms with Crippen LogP contribution in [-0.2, 0) is 0 Å². The van der Waals surface area contributed by atoms with E-state index in [1.165, 1.54) is 0 Å². The van der Waals surface area contributed by atoms with Gasteiger partial charge in [0.05, 0.1) is 12.3 Å². The molecule has 1 aromatic rings. The quantitative estimate of drug-likeness (QED) is 0.341. The maximum atomic E-state index is 5.82. The van der Waals surface area contributed by atoms with E-state index < -0.39 is 0 Å². The third kappa shape index (κ3) is 2.78. The Hall–Kier alpha value is -0.950. The Kier molecular flexibility index (Phi) is 4.54. The number of nitrogens with one attached hydrogen (secondary N) is 1. The highest BCUT2D eigenvalue weighted by Crippen LogP contribution is 2.26. The summed E-state index contributed by atoms with van der Waals surface area (Å²) in [7, 11) is 0. The molecule has 0 aliphatic carbocycles. The molecule has 0 bridgehead atoms. The number of furan rings is 1. The lowest BCUT2D eigenvalue weighted by Crippen LogP contribution is -2.27. The summed E-state index contributed by atoms with van der Waals surface area (Å²) >= 11 is 5.82. The van der Waals surface area contributed by atoms with E-state index in [1.54, 1.807) is 6.26 Å². The van der Waals surface area contributed by atoms with Crippen LogP contribution in [0.5, 0.6) is 0 Å². The number of hydrogen-bond acceptors (Lipinski definition) is 3. The van der Waals surface area contributed by atoms with E-state index in [2.05, 4.69) is 11.3 Å². The second-order valence-electron chi connectivity index (χ2n) is 2.97. The predicted molar refractivity (Wildman–Crippen MR) is 56.5 cm³/mol. The first-order valence-electron chi connectivity index (χ1n) is 4.42. The molecule has 1 aromatic heterocycles. The molecule has 0 aromatic carbocycles. The van der Waals surface area contributed by atoms with Gasteiger partial charge in [0.25, 0.3) is 0 Å². The van der Waals surface area contributed by atoms with E-state index in [9.17, 15) is 0 Å². The highest BCUT2D eigenvalue weighted by atomic mass is 35.5. The van der Waals surface area contributed by atoms with Crippen LogP contribution in [0.2, 0.25) is 5.22 Å². The van der Waals surface area contributed by atoms with Crippen molar-refractivity contribution >= 4 is 11.6 Å². The predicted octanol–water partition coefficient (Wildman–Crippen LogP) is 2.24. The van der Waals surface area contributed by atoms with E-state index in [0.29, 0.717) is 5.22 Å². The van der Waals surface area contributed by atoms with E-state index in [-0.39, 0.29) is 6.04 Å². The normalized spacial score (nSPS) is 12.4. The molecule has 1 heterocycles. The van der Waals surface area contributed by atoms with Crippen LogP contribution >= 0.6 is 11.6 Å². The van der Waals surface area contributed by atoms with E-state index in [4.69, 9.17) is 28.3 Å². The number of hydrogen-bond donors (Lipinski definition) is 2. The molecule has 1 atom stereocenters. The monoisotopic (exact) mass is 212 g/mol. The zero-order chi connectivity index (χ0) is 10.4. The minimum atomic E-state index is 0.00889. The minimum absolute atomic E-state index is 0.00889. The number of unbranched alkanes of at least 4 members (excludes halogenated alkanes) is 1. The number of terminal acetylenes is 1. The molecule has 0 spiro atoms. The van der Waals surface area contributed by atoms with Gasteiger partial charge in [-0.15, -0.1) is 12.3 Å². The van der Waals surface area contributed by atoms with E-state index in [1.807, 2.05) is 6.07 Å². The summed E-state index contributed by atoms with van der Waals surface area (Å²) < 4.78 is 4.98. The van der Waals surface area contributed by atoms with Gasteiger partial charge in [0.2, 0.25) is 0 Å². The second-order valence-corrected chi connectivity index (χ2v) is 3.31. The average Bonchev–Trinajstić information content (AvgIpc) is 2.60. The highest BCUT2D eigenvalue weighted by molar-refractivity contribution is 6.29. The smallest absolute Gasteiger partial charge is 0.197 e. The van der Waals surface area contributed by atoms with Crippen molar-refractivity contribution in [2.24, 2.45) is 5.84 Å². The molecular formula is C10H13ClN2O. The minimum Gasteiger partial charge on any atom is -0.453 e. The van der Waals surface area contributed by atoms with Crippen molar-refractivity contribution in [3.8, 4) is 12.3 Å². The largest absolute Gasteiger partial charge is 0.453 e. The molecule has 0 saturated carbocycles. The molecular weight excluding hydrogens is 200 g/mol. The summed E-state index contributed by atoms with van der Waals surface area (Å²) in [5.41, 5.74) is 3.57. The fraction of sp³-hybridized carbons (Fsp3) is 0.400. The van der Waals surface area contributed by atoms with Crippen molar-refractivity contribution in [2.45, 2.75) is 25.3 Å². The van der Waals surface area contributed by atoms with Gasteiger partial charge in [-0.3, -0.25) is 11.3 Å². The fourth-order valence-corrected chi connectivity index (χ4v) is 1.54. The van der Waals surface area contributed by atoms with Crippen LogP contribution in [0.4, 0.5) is 0 Å². The Labute approximate surface area is 88.6 Å². The molecule has 0 saturated heterocycles. The first kappa shape index (κ1) is 11.1. The van der Waals surface area contributed by atoms with E-state index >= 15 is 0 Å². The average molecular weight is 213 g/mol. The molecule has 3 N–H and O–H groups in total. The zero-order valence-electron chi connectivity index (χ0n) is 7.79. The van der Waals surface area contributed by atoms with Gasteiger partial charge >= 0.3 is 0 Å². The van der Waals surface area contributed by atoms with Crippen molar-refractivity contribution in [1.82, 2.24) is 5.43 Å². The van der Waals surface area contributed by atoms with Gasteiger partial charge in [0, 0.05) is 12.0 Å². The molecule has 3 nitrogen and oxygen atoms in total. The first-order chi connectivity index (χ1) is 6.79. The summed E-state index contributed by atoms with van der Waals surface area (Å²) in [5, 5.41) is 0.383. The molecule has 0 aliphatic rings. The number of rotatable bonds is 5. The Bertz CT molecular complexity index is 316. The Morgan fingerprint density at radius 2 is 2.50 bits per heavy atom. The van der Waals surface area contributed by atoms with Gasteiger partial charge in [-0.2, -0.15) is 0 Å². The lowest BCUT2D eigenvalue weighted by molar-refractivity contribution is 0.491. The molecule has 0 fully saturated rings. The zero-order valence-corrected chi connectivity index (χ0v) is 8.55. The van der Waals surface area contributed by atoms with Crippen molar-refractivity contribution in [3.63, 3.8) is 0 Å². The van der Waals surface area contributed by atoms with Gasteiger partial charge in [-0.1, -0.05) is 0 Å². The molecule has 1 rings (SSSR count). The molecule has 0 amide bonds. The van der Waals surface area contributed by atoms with Gasteiger partial charge < -0.3 is 4.42 Å². The van der Waals surface area contributed by atoms with Gasteiger partial charge in [-0.25, -0.2) is 0 Å². The Balaban J connectivity index is 2.55. The SMILES string of the molecule is C#CCCCC(NN)c1ccoc1Cl. The molecule has 0 radical (unpaired) electrons. The van der Waals surface area contributed by atoms with Gasteiger partial charge in [0.1, 0.15) is 0 Å². The van der Waals surface area contributed by atoms with Gasteiger partial charge in [-0.05, 0) is 30.5 Å². The molecule has 4 heteroatoms. The van der Waals surface area contributed by atoms with Crippen molar-refractivity contribution in [1.29, 1.82) is 0 Å². The lowest BCUT2D eigenvalue weighted by atomic mass is 10.0. The topological polar surface area (TPSA) is 51.2 Å². The highest BCUT2D eigenvalue weighted by Gasteiger charge is 2.14. The van der Waals surface area contributed by atoms with E-state index in [0.717, 1.165) is 24.8 Å². The molecule has 76 valence electrons. The van der Waals surface area contributed by atoms with Crippen LogP contribution in [-0.4, -0.2) is 0 Å². The second kappa shape index (κ2) is 5.71. The van der Waals surface area contributed by atoms with Gasteiger partial charge in [0.15, 0.2) is 5.22 Å². The summed E-state index contributed by atoms with van der Waals surface area (Å²) in [4.78, 5) is 0. The first-order valence-corrected chi connectivity index (χ1v) is 4.80. The fourth-order valence-electron chi connectivity index (χ4n) is 1.29. The van der Waals surface area contributed by atoms with Crippen LogP contribution in [0.15, 0.2) is 16.7 Å². The van der Waals surface area contributed by atoms with Crippen LogP contribution in [0.25, 0.3) is 0 Å². The van der Waals surface area contributed by atoms with Crippen molar-refractivity contribution < 1.29 is 4.42 Å². The molecule has 1 unspecified atom stereocenters. The maximum Gasteiger partial charge on any atom is 0.197 e. The Morgan fingerprint density at radius 3 is 3.00 bits per heavy atom. The summed E-state index contributed by atoms with van der Waals surface area (Å²) in [6.07, 6.45) is 9.20. The molecule has 0 aliphatic heterocycles. The lowest BCUT2D eigenvalue weighted by Gasteiger charge is -2.13. The number of hydrazine groups is 1. The van der Waals surface area contributed by atoms with Crippen molar-refractivity contribution in [2.75, 3.05) is 0 Å². The summed E-state index contributed by atoms with van der Waals surface area (Å²) in [6.45, 7) is 0. The number of halogens is 1. The summed E-state index contributed by atoms with van der Waals surface area (Å²) in [6, 6.07) is 1.82. The van der Waals surface area contributed by atoms with Crippen LogP contribution < -0.4 is 11.3 Å².